The maximum Gasteiger partial charge on any atom is 0.461 e. The third-order valence-electron chi connectivity index (χ3n) is 8.52. The molecular formula is C33H35F2N4O6P. The number of hydrogen-bond donors (Lipinski definition) is 1. The minimum atomic E-state index is -3.86. The first-order valence-corrected chi connectivity index (χ1v) is 16.5. The number of anilines is 2. The summed E-state index contributed by atoms with van der Waals surface area (Å²) in [4.78, 5) is 28.6. The first kappa shape index (κ1) is 31.7. The van der Waals surface area contributed by atoms with E-state index in [1.54, 1.807) is 90.7 Å². The quantitative estimate of drug-likeness (QED) is 0.0991. The molecule has 13 heteroatoms. The second-order valence-electron chi connectivity index (χ2n) is 11.7. The van der Waals surface area contributed by atoms with Crippen molar-refractivity contribution >= 4 is 36.0 Å². The SMILES string of the molecule is COP(=O)(Oc1ccccc1)N1C(C)CN(c2c(F)c(N)c3c(=O)c(C(=O)Oc4ccccc4)c(C)n(C4CC4)c3c2F)CC1C. The van der Waals surface area contributed by atoms with E-state index >= 15 is 8.78 Å². The number of fused-ring (bicyclic) bond motifs is 1. The average Bonchev–Trinajstić information content (AvgIpc) is 3.86. The molecule has 6 rings (SSSR count). The van der Waals surface area contributed by atoms with Crippen LogP contribution in [0.3, 0.4) is 0 Å². The van der Waals surface area contributed by atoms with Gasteiger partial charge in [-0.3, -0.25) is 9.32 Å². The predicted octanol–water partition coefficient (Wildman–Crippen LogP) is 6.46. The number of halogens is 2. The van der Waals surface area contributed by atoms with Gasteiger partial charge in [0.05, 0.1) is 16.6 Å². The molecular weight excluding hydrogens is 617 g/mol. The highest BCUT2D eigenvalue weighted by atomic mass is 31.2. The normalized spacial score (nSPS) is 20.0. The van der Waals surface area contributed by atoms with Crippen LogP contribution in [-0.4, -0.2) is 47.5 Å². The number of carbonyl (C=O) groups excluding carboxylic acids is 1. The maximum absolute atomic E-state index is 16.8. The van der Waals surface area contributed by atoms with Crippen molar-refractivity contribution in [2.75, 3.05) is 30.8 Å². The number of nitrogen functional groups attached to an aromatic ring is 1. The zero-order chi connectivity index (χ0) is 32.9. The highest BCUT2D eigenvalue weighted by molar-refractivity contribution is 7.51. The molecule has 3 atom stereocenters. The van der Waals surface area contributed by atoms with E-state index < -0.39 is 59.6 Å². The van der Waals surface area contributed by atoms with Gasteiger partial charge in [0.1, 0.15) is 22.7 Å². The Kier molecular flexibility index (Phi) is 8.39. The van der Waals surface area contributed by atoms with Crippen LogP contribution < -0.4 is 25.3 Å². The lowest BCUT2D eigenvalue weighted by Gasteiger charge is -2.46. The fourth-order valence-electron chi connectivity index (χ4n) is 6.44. The summed E-state index contributed by atoms with van der Waals surface area (Å²) in [7, 11) is -2.57. The van der Waals surface area contributed by atoms with Gasteiger partial charge >= 0.3 is 13.7 Å². The summed E-state index contributed by atoms with van der Waals surface area (Å²) in [6, 6.07) is 15.5. The summed E-state index contributed by atoms with van der Waals surface area (Å²) in [6.45, 7) is 5.17. The summed E-state index contributed by atoms with van der Waals surface area (Å²) < 4.78 is 66.9. The predicted molar refractivity (Wildman–Crippen MR) is 172 cm³/mol. The molecule has 242 valence electrons. The fourth-order valence-corrected chi connectivity index (χ4v) is 8.30. The molecule has 3 unspecified atom stereocenters. The summed E-state index contributed by atoms with van der Waals surface area (Å²) in [5.41, 5.74) is 4.17. The van der Waals surface area contributed by atoms with Crippen LogP contribution in [0, 0.1) is 18.6 Å². The van der Waals surface area contributed by atoms with Crippen LogP contribution in [0.5, 0.6) is 11.5 Å². The van der Waals surface area contributed by atoms with Crippen molar-refractivity contribution < 1.29 is 31.9 Å². The molecule has 0 radical (unpaired) electrons. The van der Waals surface area contributed by atoms with E-state index in [4.69, 9.17) is 19.5 Å². The Balaban J connectivity index is 1.42. The van der Waals surface area contributed by atoms with Crippen LogP contribution >= 0.6 is 7.75 Å². The Morgan fingerprint density at radius 3 is 2.04 bits per heavy atom. The van der Waals surface area contributed by atoms with Gasteiger partial charge in [-0.15, -0.1) is 0 Å². The average molecular weight is 653 g/mol. The number of ether oxygens (including phenoxy) is 1. The number of esters is 1. The Bertz CT molecular complexity index is 1910. The largest absolute Gasteiger partial charge is 0.461 e. The lowest BCUT2D eigenvalue weighted by atomic mass is 10.0. The van der Waals surface area contributed by atoms with E-state index in [0.717, 1.165) is 0 Å². The van der Waals surface area contributed by atoms with Gasteiger partial charge in [-0.25, -0.2) is 18.1 Å². The standard InChI is InChI=1S/C33H35F2N4O6P/c1-19-17-37(18-20(2)39(19)46(42,43-4)45-24-13-9-6-10-14-24)31-27(34)29(36)26-30(28(31)35)38(22-15-16-22)21(3)25(32(26)40)33(41)44-23-11-7-5-8-12-23/h5-14,19-20,22H,15-18,36H2,1-4H3. The number of pyridine rings is 1. The Morgan fingerprint density at radius 2 is 1.50 bits per heavy atom. The molecule has 1 aromatic heterocycles. The van der Waals surface area contributed by atoms with Crippen LogP contribution in [0.25, 0.3) is 10.9 Å². The summed E-state index contributed by atoms with van der Waals surface area (Å²) in [6.07, 6.45) is 1.36. The summed E-state index contributed by atoms with van der Waals surface area (Å²) >= 11 is 0. The van der Waals surface area contributed by atoms with Crippen LogP contribution in [0.4, 0.5) is 20.2 Å². The van der Waals surface area contributed by atoms with Crippen molar-refractivity contribution in [3.63, 3.8) is 0 Å². The number of rotatable bonds is 8. The molecule has 3 aromatic carbocycles. The smallest absolute Gasteiger partial charge is 0.423 e. The van der Waals surface area contributed by atoms with Crippen LogP contribution in [-0.2, 0) is 9.09 Å². The molecule has 1 aliphatic heterocycles. The number of nitrogens with zero attached hydrogens (tertiary/aromatic N) is 3. The molecule has 4 aromatic rings. The Morgan fingerprint density at radius 1 is 0.935 bits per heavy atom. The minimum Gasteiger partial charge on any atom is -0.423 e. The maximum atomic E-state index is 16.8. The fraction of sp³-hybridized carbons (Fsp3) is 0.333. The number of nitrogens with two attached hydrogens (primary N) is 1. The van der Waals surface area contributed by atoms with Crippen molar-refractivity contribution in [3.8, 4) is 11.5 Å². The molecule has 2 heterocycles. The monoisotopic (exact) mass is 652 g/mol. The van der Waals surface area contributed by atoms with Gasteiger partial charge in [-0.2, -0.15) is 4.67 Å². The van der Waals surface area contributed by atoms with Crippen molar-refractivity contribution in [1.29, 1.82) is 0 Å². The highest BCUT2D eigenvalue weighted by Gasteiger charge is 2.46. The summed E-state index contributed by atoms with van der Waals surface area (Å²) in [5, 5.41) is -0.406. The third kappa shape index (κ3) is 5.44. The lowest BCUT2D eigenvalue weighted by molar-refractivity contribution is 0.0731. The molecule has 2 fully saturated rings. The van der Waals surface area contributed by atoms with E-state index in [9.17, 15) is 14.2 Å². The molecule has 2 aliphatic rings. The van der Waals surface area contributed by atoms with Gasteiger partial charge in [0.2, 0.25) is 5.43 Å². The van der Waals surface area contributed by atoms with E-state index in [0.29, 0.717) is 18.6 Å². The molecule has 0 spiro atoms. The summed E-state index contributed by atoms with van der Waals surface area (Å²) in [5.74, 6) is -2.43. The minimum absolute atomic E-state index is 0.0444. The topological polar surface area (TPSA) is 116 Å². The van der Waals surface area contributed by atoms with Crippen LogP contribution in [0.1, 0.15) is 48.8 Å². The van der Waals surface area contributed by atoms with E-state index in [1.807, 2.05) is 0 Å². The van der Waals surface area contributed by atoms with Gasteiger partial charge in [0, 0.05) is 44.0 Å². The zero-order valence-electron chi connectivity index (χ0n) is 25.9. The Hall–Kier alpha value is -4.25. The number of hydrogen-bond acceptors (Lipinski definition) is 8. The van der Waals surface area contributed by atoms with Gasteiger partial charge in [-0.1, -0.05) is 36.4 Å². The van der Waals surface area contributed by atoms with Crippen molar-refractivity contribution in [2.24, 2.45) is 0 Å². The molecule has 46 heavy (non-hydrogen) atoms. The van der Waals surface area contributed by atoms with Gasteiger partial charge < -0.3 is 24.5 Å². The molecule has 1 saturated heterocycles. The molecule has 1 saturated carbocycles. The molecule has 1 aliphatic carbocycles. The molecule has 2 N–H and O–H groups in total. The number of piperazine rings is 1. The number of carbonyl (C=O) groups is 1. The Labute approximate surface area is 264 Å². The second kappa shape index (κ2) is 12.2. The molecule has 0 amide bonds. The van der Waals surface area contributed by atoms with Crippen molar-refractivity contribution in [2.45, 2.75) is 51.7 Å². The van der Waals surface area contributed by atoms with Gasteiger partial charge in [0.15, 0.2) is 11.6 Å². The van der Waals surface area contributed by atoms with Gasteiger partial charge in [-0.05, 0) is 57.9 Å². The van der Waals surface area contributed by atoms with E-state index in [1.165, 1.54) is 12.0 Å². The van der Waals surface area contributed by atoms with Gasteiger partial charge in [0.25, 0.3) is 0 Å². The zero-order valence-corrected chi connectivity index (χ0v) is 26.8. The first-order chi connectivity index (χ1) is 22.0. The van der Waals surface area contributed by atoms with E-state index in [-0.39, 0.29) is 41.7 Å². The van der Waals surface area contributed by atoms with Crippen molar-refractivity contribution in [3.05, 3.63) is 93.8 Å². The lowest BCUT2D eigenvalue weighted by Crippen LogP contribution is -2.56. The third-order valence-corrected chi connectivity index (χ3v) is 10.8. The van der Waals surface area contributed by atoms with E-state index in [2.05, 4.69) is 0 Å². The van der Waals surface area contributed by atoms with Crippen LogP contribution in [0.15, 0.2) is 65.5 Å². The molecule has 0 bridgehead atoms. The van der Waals surface area contributed by atoms with Crippen LogP contribution in [0.2, 0.25) is 0 Å². The molecule has 10 nitrogen and oxygen atoms in total. The number of aromatic nitrogens is 1. The first-order valence-electron chi connectivity index (χ1n) is 15.0. The second-order valence-corrected chi connectivity index (χ2v) is 13.7. The number of para-hydroxylation sites is 2. The highest BCUT2D eigenvalue weighted by Crippen LogP contribution is 2.55. The number of benzene rings is 3. The van der Waals surface area contributed by atoms with Crippen molar-refractivity contribution in [1.82, 2.24) is 9.24 Å².